The molecule has 0 saturated carbocycles. The average molecular weight is 291 g/mol. The van der Waals surface area contributed by atoms with Crippen LogP contribution in [0.5, 0.6) is 0 Å². The van der Waals surface area contributed by atoms with Gasteiger partial charge in [0.05, 0.1) is 17.8 Å². The molecule has 0 aliphatic carbocycles. The standard InChI is InChI=1S/C17H13N3O2/c21-17(16-9-12-5-1-2-7-15(12)22-16)18-11-13-10-14-6-3-4-8-20(14)19-13/h1-10H,11H2,(H,18,21). The number of nitrogens with one attached hydrogen (secondary N) is 1. The molecule has 0 aliphatic rings. The second-order valence-electron chi connectivity index (χ2n) is 5.04. The Balaban J connectivity index is 1.51. The fourth-order valence-electron chi connectivity index (χ4n) is 2.43. The number of hydrogen-bond donors (Lipinski definition) is 1. The third kappa shape index (κ3) is 2.22. The van der Waals surface area contributed by atoms with Crippen LogP contribution >= 0.6 is 0 Å². The van der Waals surface area contributed by atoms with Crippen molar-refractivity contribution < 1.29 is 9.21 Å². The first-order valence-electron chi connectivity index (χ1n) is 7.00. The van der Waals surface area contributed by atoms with E-state index in [1.165, 1.54) is 0 Å². The van der Waals surface area contributed by atoms with Crippen LogP contribution in [0.15, 0.2) is 65.2 Å². The predicted octanol–water partition coefficient (Wildman–Crippen LogP) is 3.01. The van der Waals surface area contributed by atoms with Crippen LogP contribution in [0.3, 0.4) is 0 Å². The molecule has 0 fully saturated rings. The number of para-hydroxylation sites is 1. The van der Waals surface area contributed by atoms with Gasteiger partial charge in [-0.05, 0) is 30.3 Å². The fourth-order valence-corrected chi connectivity index (χ4v) is 2.43. The molecule has 0 bridgehead atoms. The van der Waals surface area contributed by atoms with Gasteiger partial charge in [-0.15, -0.1) is 0 Å². The number of aromatic nitrogens is 2. The maximum absolute atomic E-state index is 12.2. The minimum absolute atomic E-state index is 0.242. The number of rotatable bonds is 3. The lowest BCUT2D eigenvalue weighted by Crippen LogP contribution is -2.22. The SMILES string of the molecule is O=C(NCc1cc2ccccn2n1)c1cc2ccccc2o1. The number of nitrogens with zero attached hydrogens (tertiary/aromatic N) is 2. The molecular formula is C17H13N3O2. The Labute approximate surface area is 126 Å². The summed E-state index contributed by atoms with van der Waals surface area (Å²) in [5, 5.41) is 8.14. The van der Waals surface area contributed by atoms with Crippen molar-refractivity contribution in [1.82, 2.24) is 14.9 Å². The van der Waals surface area contributed by atoms with Crippen molar-refractivity contribution in [3.8, 4) is 0 Å². The smallest absolute Gasteiger partial charge is 0.287 e. The van der Waals surface area contributed by atoms with Gasteiger partial charge in [0.15, 0.2) is 5.76 Å². The second kappa shape index (κ2) is 5.04. The van der Waals surface area contributed by atoms with Crippen molar-refractivity contribution in [2.45, 2.75) is 6.54 Å². The van der Waals surface area contributed by atoms with Crippen LogP contribution in [0, 0.1) is 0 Å². The normalized spacial score (nSPS) is 11.1. The van der Waals surface area contributed by atoms with Gasteiger partial charge in [-0.3, -0.25) is 4.79 Å². The maximum Gasteiger partial charge on any atom is 0.287 e. The Bertz CT molecular complexity index is 902. The molecule has 0 unspecified atom stereocenters. The van der Waals surface area contributed by atoms with Crippen LogP contribution in [0.4, 0.5) is 0 Å². The first kappa shape index (κ1) is 12.6. The van der Waals surface area contributed by atoms with E-state index in [4.69, 9.17) is 4.42 Å². The number of furan rings is 1. The lowest BCUT2D eigenvalue weighted by Gasteiger charge is -1.99. The van der Waals surface area contributed by atoms with E-state index in [0.717, 1.165) is 16.6 Å². The molecule has 1 amide bonds. The average Bonchev–Trinajstić information content (AvgIpc) is 3.15. The largest absolute Gasteiger partial charge is 0.451 e. The molecule has 5 nitrogen and oxygen atoms in total. The van der Waals surface area contributed by atoms with Gasteiger partial charge in [0, 0.05) is 11.6 Å². The Morgan fingerprint density at radius 1 is 1.14 bits per heavy atom. The summed E-state index contributed by atoms with van der Waals surface area (Å²) >= 11 is 0. The van der Waals surface area contributed by atoms with Gasteiger partial charge in [0.1, 0.15) is 5.58 Å². The minimum Gasteiger partial charge on any atom is -0.451 e. The molecule has 4 aromatic rings. The molecule has 0 spiro atoms. The van der Waals surface area contributed by atoms with Crippen molar-refractivity contribution in [2.24, 2.45) is 0 Å². The molecule has 0 saturated heterocycles. The summed E-state index contributed by atoms with van der Waals surface area (Å²) in [4.78, 5) is 12.2. The highest BCUT2D eigenvalue weighted by molar-refractivity contribution is 5.95. The van der Waals surface area contributed by atoms with E-state index in [1.807, 2.05) is 54.7 Å². The predicted molar refractivity (Wildman–Crippen MR) is 82.6 cm³/mol. The molecule has 3 heterocycles. The molecule has 3 aromatic heterocycles. The highest BCUT2D eigenvalue weighted by atomic mass is 16.3. The van der Waals surface area contributed by atoms with Crippen LogP contribution < -0.4 is 5.32 Å². The Kier molecular flexibility index (Phi) is 2.89. The molecule has 108 valence electrons. The Morgan fingerprint density at radius 3 is 2.86 bits per heavy atom. The van der Waals surface area contributed by atoms with E-state index in [0.29, 0.717) is 17.9 Å². The quantitative estimate of drug-likeness (QED) is 0.631. The van der Waals surface area contributed by atoms with E-state index in [1.54, 1.807) is 10.6 Å². The fraction of sp³-hybridized carbons (Fsp3) is 0.0588. The van der Waals surface area contributed by atoms with Gasteiger partial charge >= 0.3 is 0 Å². The molecular weight excluding hydrogens is 278 g/mol. The molecule has 4 rings (SSSR count). The number of amides is 1. The zero-order valence-electron chi connectivity index (χ0n) is 11.7. The van der Waals surface area contributed by atoms with Gasteiger partial charge in [-0.2, -0.15) is 5.10 Å². The van der Waals surface area contributed by atoms with Crippen LogP contribution in [-0.4, -0.2) is 15.5 Å². The minimum atomic E-state index is -0.242. The first-order chi connectivity index (χ1) is 10.8. The lowest BCUT2D eigenvalue weighted by molar-refractivity contribution is 0.0925. The highest BCUT2D eigenvalue weighted by Crippen LogP contribution is 2.18. The van der Waals surface area contributed by atoms with Gasteiger partial charge in [-0.1, -0.05) is 24.3 Å². The first-order valence-corrected chi connectivity index (χ1v) is 7.00. The van der Waals surface area contributed by atoms with E-state index in [2.05, 4.69) is 10.4 Å². The zero-order chi connectivity index (χ0) is 14.9. The van der Waals surface area contributed by atoms with E-state index < -0.39 is 0 Å². The Hall–Kier alpha value is -3.08. The van der Waals surface area contributed by atoms with Crippen LogP contribution in [0.2, 0.25) is 0 Å². The topological polar surface area (TPSA) is 59.5 Å². The molecule has 0 radical (unpaired) electrons. The maximum atomic E-state index is 12.2. The number of carbonyl (C=O) groups excluding carboxylic acids is 1. The lowest BCUT2D eigenvalue weighted by atomic mass is 10.2. The van der Waals surface area contributed by atoms with Crippen molar-refractivity contribution in [3.05, 3.63) is 72.2 Å². The summed E-state index contributed by atoms with van der Waals surface area (Å²) in [5.41, 5.74) is 2.51. The molecule has 0 atom stereocenters. The third-order valence-electron chi connectivity index (χ3n) is 3.50. The Morgan fingerprint density at radius 2 is 2.00 bits per heavy atom. The summed E-state index contributed by atoms with van der Waals surface area (Å²) in [6, 6.07) is 17.1. The number of pyridine rings is 1. The second-order valence-corrected chi connectivity index (χ2v) is 5.04. The summed E-state index contributed by atoms with van der Waals surface area (Å²) in [6.07, 6.45) is 1.87. The van der Waals surface area contributed by atoms with E-state index >= 15 is 0 Å². The molecule has 22 heavy (non-hydrogen) atoms. The van der Waals surface area contributed by atoms with E-state index in [-0.39, 0.29) is 5.91 Å². The summed E-state index contributed by atoms with van der Waals surface area (Å²) in [5.74, 6) is 0.0678. The van der Waals surface area contributed by atoms with Gasteiger partial charge in [0.2, 0.25) is 0 Å². The molecule has 1 aromatic carbocycles. The summed E-state index contributed by atoms with van der Waals surface area (Å²) in [6.45, 7) is 0.359. The van der Waals surface area contributed by atoms with Crippen LogP contribution in [0.1, 0.15) is 16.2 Å². The van der Waals surface area contributed by atoms with Gasteiger partial charge in [0.25, 0.3) is 5.91 Å². The zero-order valence-corrected chi connectivity index (χ0v) is 11.7. The van der Waals surface area contributed by atoms with Crippen molar-refractivity contribution >= 4 is 22.4 Å². The molecule has 5 heteroatoms. The third-order valence-corrected chi connectivity index (χ3v) is 3.50. The van der Waals surface area contributed by atoms with Crippen molar-refractivity contribution in [1.29, 1.82) is 0 Å². The summed E-state index contributed by atoms with van der Waals surface area (Å²) in [7, 11) is 0. The van der Waals surface area contributed by atoms with Gasteiger partial charge < -0.3 is 9.73 Å². The monoisotopic (exact) mass is 291 g/mol. The number of fused-ring (bicyclic) bond motifs is 2. The van der Waals surface area contributed by atoms with Crippen LogP contribution in [-0.2, 0) is 6.54 Å². The number of carbonyl (C=O) groups is 1. The van der Waals surface area contributed by atoms with Crippen LogP contribution in [0.25, 0.3) is 16.5 Å². The summed E-state index contributed by atoms with van der Waals surface area (Å²) < 4.78 is 7.32. The number of hydrogen-bond acceptors (Lipinski definition) is 3. The molecule has 0 aliphatic heterocycles. The van der Waals surface area contributed by atoms with Gasteiger partial charge in [-0.25, -0.2) is 4.52 Å². The van der Waals surface area contributed by atoms with Crippen molar-refractivity contribution in [2.75, 3.05) is 0 Å². The highest BCUT2D eigenvalue weighted by Gasteiger charge is 2.12. The number of benzene rings is 1. The van der Waals surface area contributed by atoms with E-state index in [9.17, 15) is 4.79 Å². The van der Waals surface area contributed by atoms with Crippen molar-refractivity contribution in [3.63, 3.8) is 0 Å². The molecule has 1 N–H and O–H groups in total.